The second-order valence-corrected chi connectivity index (χ2v) is 10.5. The fraction of sp³-hybridized carbons (Fsp3) is 0.379. The van der Waals surface area contributed by atoms with Crippen LogP contribution in [0.5, 0.6) is 5.88 Å². The van der Waals surface area contributed by atoms with E-state index in [1.807, 2.05) is 6.07 Å². The minimum absolute atomic E-state index is 0.0275. The largest absolute Gasteiger partial charge is 0.480 e. The molecule has 12 heteroatoms. The van der Waals surface area contributed by atoms with Crippen LogP contribution in [0.25, 0.3) is 22.1 Å². The average Bonchev–Trinajstić information content (AvgIpc) is 3.54. The van der Waals surface area contributed by atoms with Gasteiger partial charge in [0.05, 0.1) is 6.54 Å². The van der Waals surface area contributed by atoms with Crippen molar-refractivity contribution in [2.45, 2.75) is 49.9 Å². The summed E-state index contributed by atoms with van der Waals surface area (Å²) in [7, 11) is 0. The number of hydrogen-bond donors (Lipinski definition) is 1. The monoisotopic (exact) mass is 566 g/mol. The predicted octanol–water partition coefficient (Wildman–Crippen LogP) is 4.95. The summed E-state index contributed by atoms with van der Waals surface area (Å²) in [6.45, 7) is 3.10. The predicted molar refractivity (Wildman–Crippen MR) is 142 cm³/mol. The number of ether oxygens (including phenoxy) is 2. The molecule has 212 valence electrons. The van der Waals surface area contributed by atoms with Gasteiger partial charge in [0.15, 0.2) is 11.4 Å². The molecule has 0 radical (unpaired) electrons. The molecule has 1 N–H and O–H groups in total. The highest BCUT2D eigenvalue weighted by Crippen LogP contribution is 2.42. The van der Waals surface area contributed by atoms with E-state index in [0.29, 0.717) is 48.5 Å². The number of furan rings is 1. The van der Waals surface area contributed by atoms with Gasteiger partial charge in [-0.1, -0.05) is 25.0 Å². The Morgan fingerprint density at radius 2 is 2.00 bits per heavy atom. The Bertz CT molecular complexity index is 1690. The molecule has 6 rings (SSSR count). The molecule has 3 aromatic heterocycles. The van der Waals surface area contributed by atoms with Crippen molar-refractivity contribution in [2.24, 2.45) is 0 Å². The van der Waals surface area contributed by atoms with Gasteiger partial charge in [0.2, 0.25) is 11.7 Å². The summed E-state index contributed by atoms with van der Waals surface area (Å²) in [5, 5.41) is 10.5. The Kier molecular flexibility index (Phi) is 6.49. The van der Waals surface area contributed by atoms with E-state index in [4.69, 9.17) is 20.3 Å². The van der Waals surface area contributed by atoms with Crippen molar-refractivity contribution in [1.29, 1.82) is 0 Å². The van der Waals surface area contributed by atoms with E-state index in [-0.39, 0.29) is 35.3 Å². The molecule has 4 aromatic rings. The summed E-state index contributed by atoms with van der Waals surface area (Å²) in [6, 6.07) is 7.13. The minimum atomic E-state index is -4.87. The number of para-hydroxylation sites is 1. The lowest BCUT2D eigenvalue weighted by atomic mass is 9.76. The average molecular weight is 567 g/mol. The van der Waals surface area contributed by atoms with E-state index in [1.54, 1.807) is 24.3 Å². The number of halogens is 3. The highest BCUT2D eigenvalue weighted by molar-refractivity contribution is 6.06. The lowest BCUT2D eigenvalue weighted by Crippen LogP contribution is -2.37. The van der Waals surface area contributed by atoms with E-state index < -0.39 is 30.1 Å². The van der Waals surface area contributed by atoms with Crippen LogP contribution in [-0.4, -0.2) is 57.9 Å². The van der Waals surface area contributed by atoms with Crippen LogP contribution in [-0.2, 0) is 21.1 Å². The lowest BCUT2D eigenvalue weighted by Gasteiger charge is -2.35. The smallest absolute Gasteiger partial charge is 0.451 e. The number of anilines is 1. The first-order valence-corrected chi connectivity index (χ1v) is 13.0. The molecule has 2 aliphatic rings. The van der Waals surface area contributed by atoms with Gasteiger partial charge in [0, 0.05) is 47.8 Å². The zero-order valence-electron chi connectivity index (χ0n) is 21.9. The molecule has 41 heavy (non-hydrogen) atoms. The van der Waals surface area contributed by atoms with Crippen molar-refractivity contribution < 1.29 is 37.0 Å². The number of terminal acetylenes is 1. The van der Waals surface area contributed by atoms with Crippen LogP contribution in [0.15, 0.2) is 40.9 Å². The van der Waals surface area contributed by atoms with E-state index in [2.05, 4.69) is 27.8 Å². The van der Waals surface area contributed by atoms with Crippen LogP contribution in [0.1, 0.15) is 43.1 Å². The fourth-order valence-electron chi connectivity index (χ4n) is 5.56. The summed E-state index contributed by atoms with van der Waals surface area (Å²) in [5.74, 6) is 0.00753. The first-order chi connectivity index (χ1) is 19.6. The number of fused-ring (bicyclic) bond motifs is 3. The van der Waals surface area contributed by atoms with E-state index >= 15 is 0 Å². The Balaban J connectivity index is 1.41. The number of carbonyl (C=O) groups is 1. The molecule has 2 fully saturated rings. The quantitative estimate of drug-likeness (QED) is 0.336. The maximum absolute atomic E-state index is 13.9. The summed E-state index contributed by atoms with van der Waals surface area (Å²) < 4.78 is 59.4. The van der Waals surface area contributed by atoms with E-state index in [0.717, 1.165) is 5.56 Å². The normalized spacial score (nSPS) is 20.8. The highest BCUT2D eigenvalue weighted by Gasteiger charge is 2.44. The maximum atomic E-state index is 13.9. The minimum Gasteiger partial charge on any atom is -0.480 e. The van der Waals surface area contributed by atoms with Crippen molar-refractivity contribution in [3.8, 4) is 18.2 Å². The van der Waals surface area contributed by atoms with Gasteiger partial charge in [0.25, 0.3) is 0 Å². The zero-order chi connectivity index (χ0) is 28.9. The third-order valence-electron chi connectivity index (χ3n) is 7.82. The topological polar surface area (TPSA) is 111 Å². The van der Waals surface area contributed by atoms with Gasteiger partial charge in [-0.15, -0.1) is 6.42 Å². The highest BCUT2D eigenvalue weighted by atomic mass is 19.4. The number of carboxylic acids is 1. The first kappa shape index (κ1) is 26.8. The Hall–Kier alpha value is -4.37. The number of alkyl halides is 3. The molecule has 9 nitrogen and oxygen atoms in total. The summed E-state index contributed by atoms with van der Waals surface area (Å²) in [6.07, 6.45) is 2.92. The molecular weight excluding hydrogens is 541 g/mol. The Morgan fingerprint density at radius 1 is 1.24 bits per heavy atom. The zero-order valence-corrected chi connectivity index (χ0v) is 21.9. The Labute approximate surface area is 232 Å². The number of nitrogens with zero attached hydrogens (tertiary/aromatic N) is 4. The standard InChI is InChI=1S/C29H25F3N4O5/c1-3-16-12-19(28(2)8-10-39-11-9-28)25(33-14-16)40-17-13-20(26(37)38)36(15-17)24-23-22(34-27(35-24)29(30,31)32)18-6-4-5-7-21(18)41-23/h1,4-7,12,14,17,20H,8-11,13,15H2,2H3,(H,37,38)/t17-,20-/m0/s1. The molecule has 1 aromatic carbocycles. The fourth-order valence-corrected chi connectivity index (χ4v) is 5.56. The molecule has 0 bridgehead atoms. The third kappa shape index (κ3) is 4.80. The van der Waals surface area contributed by atoms with Crippen molar-refractivity contribution in [2.75, 3.05) is 24.7 Å². The third-order valence-corrected chi connectivity index (χ3v) is 7.82. The van der Waals surface area contributed by atoms with Crippen LogP contribution in [0, 0.1) is 12.3 Å². The molecular formula is C29H25F3N4O5. The number of rotatable bonds is 5. The van der Waals surface area contributed by atoms with Crippen molar-refractivity contribution >= 4 is 33.9 Å². The van der Waals surface area contributed by atoms with Gasteiger partial charge in [-0.25, -0.2) is 19.7 Å². The molecule has 0 saturated carbocycles. The van der Waals surface area contributed by atoms with E-state index in [1.165, 1.54) is 11.1 Å². The molecule has 2 saturated heterocycles. The van der Waals surface area contributed by atoms with Gasteiger partial charge in [-0.3, -0.25) is 0 Å². The van der Waals surface area contributed by atoms with Crippen molar-refractivity contribution in [1.82, 2.24) is 15.0 Å². The van der Waals surface area contributed by atoms with Gasteiger partial charge >= 0.3 is 12.1 Å². The summed E-state index contributed by atoms with van der Waals surface area (Å²) >= 11 is 0. The number of aromatic nitrogens is 3. The van der Waals surface area contributed by atoms with Crippen LogP contribution >= 0.6 is 0 Å². The molecule has 2 atom stereocenters. The molecule has 0 spiro atoms. The van der Waals surface area contributed by atoms with Crippen LogP contribution < -0.4 is 9.64 Å². The van der Waals surface area contributed by atoms with Gasteiger partial charge < -0.3 is 23.9 Å². The molecule has 2 aliphatic heterocycles. The number of pyridine rings is 1. The number of hydrogen-bond acceptors (Lipinski definition) is 8. The van der Waals surface area contributed by atoms with Gasteiger partial charge in [-0.05, 0) is 31.0 Å². The van der Waals surface area contributed by atoms with Crippen LogP contribution in [0.2, 0.25) is 0 Å². The lowest BCUT2D eigenvalue weighted by molar-refractivity contribution is -0.144. The number of carboxylic acid groups (broad SMARTS) is 1. The van der Waals surface area contributed by atoms with Crippen molar-refractivity contribution in [3.63, 3.8) is 0 Å². The van der Waals surface area contributed by atoms with Crippen molar-refractivity contribution in [3.05, 3.63) is 53.5 Å². The number of benzene rings is 1. The Morgan fingerprint density at radius 3 is 2.71 bits per heavy atom. The van der Waals surface area contributed by atoms with Crippen LogP contribution in [0.4, 0.5) is 19.0 Å². The molecule has 0 aliphatic carbocycles. The molecule has 0 amide bonds. The molecule has 5 heterocycles. The van der Waals surface area contributed by atoms with E-state index in [9.17, 15) is 23.1 Å². The van der Waals surface area contributed by atoms with Gasteiger partial charge in [0.1, 0.15) is 23.2 Å². The number of aliphatic carboxylic acids is 1. The maximum Gasteiger partial charge on any atom is 0.451 e. The second kappa shape index (κ2) is 9.92. The molecule has 0 unspecified atom stereocenters. The SMILES string of the molecule is C#Cc1cnc(O[C@H]2C[C@@H](C(=O)O)N(c3nc(C(F)(F)F)nc4c3oc3ccccc34)C2)c(C2(C)CCOCC2)c1. The summed E-state index contributed by atoms with van der Waals surface area (Å²) in [5.41, 5.74) is 1.24. The summed E-state index contributed by atoms with van der Waals surface area (Å²) in [4.78, 5) is 25.6. The second-order valence-electron chi connectivity index (χ2n) is 10.5. The van der Waals surface area contributed by atoms with Crippen LogP contribution in [0.3, 0.4) is 0 Å². The van der Waals surface area contributed by atoms with Gasteiger partial charge in [-0.2, -0.15) is 13.2 Å². The first-order valence-electron chi connectivity index (χ1n) is 13.0.